The van der Waals surface area contributed by atoms with E-state index in [0.717, 1.165) is 23.8 Å². The van der Waals surface area contributed by atoms with E-state index < -0.39 is 5.91 Å². The highest BCUT2D eigenvalue weighted by atomic mass is 16.1. The van der Waals surface area contributed by atoms with Gasteiger partial charge in [0.15, 0.2) is 0 Å². The minimum atomic E-state index is -0.590. The summed E-state index contributed by atoms with van der Waals surface area (Å²) >= 11 is 0. The number of aryl methyl sites for hydroxylation is 2. The van der Waals surface area contributed by atoms with E-state index in [0.29, 0.717) is 0 Å². The van der Waals surface area contributed by atoms with E-state index in [9.17, 15) is 4.79 Å². The van der Waals surface area contributed by atoms with Crippen LogP contribution in [0.25, 0.3) is 10.8 Å². The molecule has 0 spiro atoms. The molecule has 17 heavy (non-hydrogen) atoms. The first kappa shape index (κ1) is 9.92. The van der Waals surface area contributed by atoms with Gasteiger partial charge < -0.3 is 5.73 Å². The summed E-state index contributed by atoms with van der Waals surface area (Å²) in [5, 5.41) is 2.44. The molecule has 1 amide bonds. The van der Waals surface area contributed by atoms with E-state index in [4.69, 9.17) is 5.73 Å². The predicted octanol–water partition coefficient (Wildman–Crippen LogP) is 1.78. The Kier molecular flexibility index (Phi) is 2.12. The van der Waals surface area contributed by atoms with Gasteiger partial charge in [-0.1, -0.05) is 30.2 Å². The van der Waals surface area contributed by atoms with E-state index in [1.807, 2.05) is 12.1 Å². The molecule has 0 heterocycles. The van der Waals surface area contributed by atoms with Crippen molar-refractivity contribution in [2.75, 3.05) is 0 Å². The Bertz CT molecular complexity index is 679. The monoisotopic (exact) mass is 221 g/mol. The Morgan fingerprint density at radius 2 is 1.88 bits per heavy atom. The van der Waals surface area contributed by atoms with Crippen molar-refractivity contribution in [3.63, 3.8) is 0 Å². The number of hydrogen-bond donors (Lipinski definition) is 1. The Morgan fingerprint density at radius 1 is 1.12 bits per heavy atom. The van der Waals surface area contributed by atoms with E-state index in [-0.39, 0.29) is 0 Å². The van der Waals surface area contributed by atoms with Crippen molar-refractivity contribution < 1.29 is 4.79 Å². The van der Waals surface area contributed by atoms with Crippen LogP contribution in [0.3, 0.4) is 0 Å². The molecular weight excluding hydrogens is 210 g/mol. The molecule has 0 unspecified atom stereocenters. The fourth-order valence-electron chi connectivity index (χ4n) is 2.48. The molecule has 0 radical (unpaired) electrons. The number of rotatable bonds is 0. The quantitative estimate of drug-likeness (QED) is 0.677. The molecule has 1 aliphatic carbocycles. The molecule has 2 aromatic carbocycles. The zero-order valence-corrected chi connectivity index (χ0v) is 9.29. The molecule has 2 aromatic rings. The maximum atomic E-state index is 10.7. The minimum Gasteiger partial charge on any atom is -0.359 e. The van der Waals surface area contributed by atoms with Crippen LogP contribution in [-0.2, 0) is 17.6 Å². The number of carbonyl (C=O) groups is 1. The maximum Gasteiger partial charge on any atom is 0.293 e. The third-order valence-electron chi connectivity index (χ3n) is 3.20. The fraction of sp³-hybridized carbons (Fsp3) is 0.133. The maximum absolute atomic E-state index is 10.7. The fourth-order valence-corrected chi connectivity index (χ4v) is 2.48. The minimum absolute atomic E-state index is 0.590. The summed E-state index contributed by atoms with van der Waals surface area (Å²) in [4.78, 5) is 10.7. The average molecular weight is 221 g/mol. The second-order valence-electron chi connectivity index (χ2n) is 4.23. The van der Waals surface area contributed by atoms with E-state index in [1.54, 1.807) is 0 Å². The van der Waals surface area contributed by atoms with Crippen LogP contribution in [0, 0.1) is 11.8 Å². The van der Waals surface area contributed by atoms with Crippen molar-refractivity contribution in [1.82, 2.24) is 0 Å². The van der Waals surface area contributed by atoms with Crippen molar-refractivity contribution in [1.29, 1.82) is 0 Å². The zero-order valence-electron chi connectivity index (χ0n) is 9.29. The van der Waals surface area contributed by atoms with Crippen LogP contribution in [-0.4, -0.2) is 5.91 Å². The first-order valence-electron chi connectivity index (χ1n) is 5.60. The van der Waals surface area contributed by atoms with Gasteiger partial charge >= 0.3 is 0 Å². The lowest BCUT2D eigenvalue weighted by atomic mass is 10.0. The Labute approximate surface area is 99.4 Å². The van der Waals surface area contributed by atoms with Gasteiger partial charge in [-0.05, 0) is 40.8 Å². The molecule has 0 saturated heterocycles. The molecule has 0 saturated carbocycles. The molecule has 1 aliphatic rings. The molecule has 0 atom stereocenters. The average Bonchev–Trinajstić information content (AvgIpc) is 2.74. The Hall–Kier alpha value is -2.27. The standard InChI is InChI=1S/C15H11NO/c16-14(17)9-8-10-4-5-12-7-6-11-2-1-3-13(10)15(11)12/h1-5H,6-7H2,(H2,16,17). The van der Waals surface area contributed by atoms with Crippen LogP contribution in [0.4, 0.5) is 0 Å². The van der Waals surface area contributed by atoms with Crippen LogP contribution >= 0.6 is 0 Å². The molecule has 2 N–H and O–H groups in total. The van der Waals surface area contributed by atoms with Gasteiger partial charge in [0.05, 0.1) is 0 Å². The lowest BCUT2D eigenvalue weighted by Gasteiger charge is -2.03. The number of primary amides is 1. The molecule has 0 fully saturated rings. The topological polar surface area (TPSA) is 43.1 Å². The highest BCUT2D eigenvalue weighted by Gasteiger charge is 2.14. The summed E-state index contributed by atoms with van der Waals surface area (Å²) in [6, 6.07) is 10.3. The largest absolute Gasteiger partial charge is 0.359 e. The van der Waals surface area contributed by atoms with Gasteiger partial charge in [0.25, 0.3) is 5.91 Å². The predicted molar refractivity (Wildman–Crippen MR) is 67.4 cm³/mol. The molecule has 2 nitrogen and oxygen atoms in total. The summed E-state index contributed by atoms with van der Waals surface area (Å²) in [7, 11) is 0. The van der Waals surface area contributed by atoms with Crippen LogP contribution in [0.15, 0.2) is 30.3 Å². The lowest BCUT2D eigenvalue weighted by Crippen LogP contribution is -2.06. The van der Waals surface area contributed by atoms with E-state index in [1.165, 1.54) is 16.5 Å². The number of benzene rings is 2. The van der Waals surface area contributed by atoms with Crippen molar-refractivity contribution in [3.05, 3.63) is 47.0 Å². The summed E-state index contributed by atoms with van der Waals surface area (Å²) in [5.74, 6) is 4.66. The van der Waals surface area contributed by atoms with Gasteiger partial charge in [-0.3, -0.25) is 4.79 Å². The van der Waals surface area contributed by atoms with Crippen LogP contribution < -0.4 is 5.73 Å². The third-order valence-corrected chi connectivity index (χ3v) is 3.20. The van der Waals surface area contributed by atoms with Gasteiger partial charge in [-0.15, -0.1) is 0 Å². The summed E-state index contributed by atoms with van der Waals surface area (Å²) in [6.45, 7) is 0. The van der Waals surface area contributed by atoms with Crippen LogP contribution in [0.2, 0.25) is 0 Å². The van der Waals surface area contributed by atoms with E-state index in [2.05, 4.69) is 30.0 Å². The van der Waals surface area contributed by atoms with E-state index >= 15 is 0 Å². The van der Waals surface area contributed by atoms with Crippen LogP contribution in [0.5, 0.6) is 0 Å². The number of hydrogen-bond acceptors (Lipinski definition) is 1. The Balaban J connectivity index is 2.30. The van der Waals surface area contributed by atoms with Crippen LogP contribution in [0.1, 0.15) is 16.7 Å². The van der Waals surface area contributed by atoms with Crippen molar-refractivity contribution in [3.8, 4) is 11.8 Å². The third kappa shape index (κ3) is 1.57. The summed E-state index contributed by atoms with van der Waals surface area (Å²) < 4.78 is 0. The molecule has 0 bridgehead atoms. The molecule has 3 rings (SSSR count). The number of amides is 1. The molecule has 0 aromatic heterocycles. The lowest BCUT2D eigenvalue weighted by molar-refractivity contribution is -0.112. The highest BCUT2D eigenvalue weighted by Crippen LogP contribution is 2.32. The number of nitrogens with two attached hydrogens (primary N) is 1. The summed E-state index contributed by atoms with van der Waals surface area (Å²) in [5.41, 5.74) is 8.68. The normalized spacial score (nSPS) is 12.2. The second-order valence-corrected chi connectivity index (χ2v) is 4.23. The van der Waals surface area contributed by atoms with Crippen molar-refractivity contribution in [2.45, 2.75) is 12.8 Å². The molecule has 82 valence electrons. The molecule has 2 heteroatoms. The van der Waals surface area contributed by atoms with Gasteiger partial charge in [-0.25, -0.2) is 0 Å². The first-order chi connectivity index (χ1) is 8.25. The SMILES string of the molecule is NC(=O)C#Cc1ccc2c3c(cccc13)CC2. The second kappa shape index (κ2) is 3.64. The molecular formula is C15H11NO. The summed E-state index contributed by atoms with van der Waals surface area (Å²) in [6.07, 6.45) is 2.19. The zero-order chi connectivity index (χ0) is 11.8. The van der Waals surface area contributed by atoms with Gasteiger partial charge in [0, 0.05) is 11.5 Å². The first-order valence-corrected chi connectivity index (χ1v) is 5.60. The molecule has 0 aliphatic heterocycles. The van der Waals surface area contributed by atoms with Crippen molar-refractivity contribution >= 4 is 16.7 Å². The smallest absolute Gasteiger partial charge is 0.293 e. The van der Waals surface area contributed by atoms with Crippen molar-refractivity contribution in [2.24, 2.45) is 5.73 Å². The Morgan fingerprint density at radius 3 is 2.65 bits per heavy atom. The van der Waals surface area contributed by atoms with Gasteiger partial charge in [0.1, 0.15) is 0 Å². The number of carbonyl (C=O) groups excluding carboxylic acids is 1. The van der Waals surface area contributed by atoms with Gasteiger partial charge in [0.2, 0.25) is 0 Å². The van der Waals surface area contributed by atoms with Gasteiger partial charge in [-0.2, -0.15) is 0 Å². The highest BCUT2D eigenvalue weighted by molar-refractivity contribution is 5.97.